The molecular formula is C5H6N6O. The monoisotopic (exact) mass is 166 g/mol. The molecule has 0 aliphatic heterocycles. The van der Waals surface area contributed by atoms with Gasteiger partial charge in [-0.1, -0.05) is 0 Å². The second kappa shape index (κ2) is 2.31. The van der Waals surface area contributed by atoms with E-state index >= 15 is 0 Å². The summed E-state index contributed by atoms with van der Waals surface area (Å²) in [6, 6.07) is 0. The van der Waals surface area contributed by atoms with Gasteiger partial charge in [0.1, 0.15) is 5.52 Å². The van der Waals surface area contributed by atoms with Gasteiger partial charge in [-0.15, -0.1) is 0 Å². The predicted octanol–water partition coefficient (Wildman–Crippen LogP) is -1.46. The van der Waals surface area contributed by atoms with Gasteiger partial charge < -0.3 is 4.98 Å². The lowest BCUT2D eigenvalue weighted by Crippen LogP contribution is -2.34. The Hall–Kier alpha value is -1.89. The van der Waals surface area contributed by atoms with E-state index in [0.29, 0.717) is 11.2 Å². The van der Waals surface area contributed by atoms with Crippen LogP contribution in [0.3, 0.4) is 0 Å². The number of fused-ring (bicyclic) bond motifs is 1. The van der Waals surface area contributed by atoms with Crippen LogP contribution in [0.15, 0.2) is 17.3 Å². The average molecular weight is 166 g/mol. The Morgan fingerprint density at radius 1 is 1.58 bits per heavy atom. The van der Waals surface area contributed by atoms with Crippen molar-refractivity contribution in [2.75, 3.05) is 5.53 Å². The molecule has 0 aliphatic rings. The number of hydrogen-bond donors (Lipinski definition) is 3. The smallest absolute Gasteiger partial charge is 0.342 e. The van der Waals surface area contributed by atoms with E-state index in [1.54, 1.807) is 0 Å². The highest BCUT2D eigenvalue weighted by Crippen LogP contribution is 2.00. The molecular weight excluding hydrogens is 160 g/mol. The molecule has 7 nitrogen and oxygen atoms in total. The summed E-state index contributed by atoms with van der Waals surface area (Å²) in [5.41, 5.74) is 2.77. The molecule has 0 bridgehead atoms. The maximum Gasteiger partial charge on any atom is 0.369 e. The number of aromatic nitrogens is 4. The molecule has 2 heterocycles. The highest BCUT2D eigenvalue weighted by atomic mass is 16.2. The summed E-state index contributed by atoms with van der Waals surface area (Å²) in [7, 11) is 0. The van der Waals surface area contributed by atoms with Gasteiger partial charge in [0.15, 0.2) is 5.65 Å². The number of nitrogen functional groups attached to an aromatic ring is 1. The number of imidazole rings is 1. The lowest BCUT2D eigenvalue weighted by Gasteiger charge is -2.01. The molecule has 0 radical (unpaired) electrons. The van der Waals surface area contributed by atoms with Crippen LogP contribution in [0.4, 0.5) is 0 Å². The van der Waals surface area contributed by atoms with E-state index in [2.05, 4.69) is 20.5 Å². The van der Waals surface area contributed by atoms with Crippen LogP contribution in [0, 0.1) is 0 Å². The van der Waals surface area contributed by atoms with E-state index in [-0.39, 0.29) is 0 Å². The SMILES string of the molecule is NNn1c(=O)ncc2[nH]cnc21. The predicted molar refractivity (Wildman–Crippen MR) is 41.7 cm³/mol. The van der Waals surface area contributed by atoms with Crippen molar-refractivity contribution in [2.45, 2.75) is 0 Å². The van der Waals surface area contributed by atoms with Crippen LogP contribution >= 0.6 is 0 Å². The Morgan fingerprint density at radius 2 is 2.42 bits per heavy atom. The van der Waals surface area contributed by atoms with Crippen LogP contribution in [0.25, 0.3) is 11.2 Å². The number of H-pyrrole nitrogens is 1. The topological polar surface area (TPSA) is 102 Å². The van der Waals surface area contributed by atoms with Gasteiger partial charge in [0.05, 0.1) is 12.5 Å². The fraction of sp³-hybridized carbons (Fsp3) is 0. The van der Waals surface area contributed by atoms with E-state index in [1.807, 2.05) is 0 Å². The zero-order valence-corrected chi connectivity index (χ0v) is 5.98. The van der Waals surface area contributed by atoms with Crippen molar-refractivity contribution in [1.82, 2.24) is 19.6 Å². The minimum Gasteiger partial charge on any atom is -0.342 e. The van der Waals surface area contributed by atoms with Gasteiger partial charge >= 0.3 is 5.69 Å². The minimum atomic E-state index is -0.489. The Balaban J connectivity index is 2.92. The van der Waals surface area contributed by atoms with Crippen molar-refractivity contribution >= 4 is 11.2 Å². The molecule has 0 aromatic carbocycles. The van der Waals surface area contributed by atoms with Gasteiger partial charge in [-0.25, -0.2) is 15.6 Å². The molecule has 0 amide bonds. The van der Waals surface area contributed by atoms with Gasteiger partial charge in [-0.05, 0) is 0 Å². The van der Waals surface area contributed by atoms with Crippen LogP contribution in [-0.2, 0) is 0 Å². The van der Waals surface area contributed by atoms with E-state index in [9.17, 15) is 4.79 Å². The van der Waals surface area contributed by atoms with Gasteiger partial charge in [0.2, 0.25) is 0 Å². The van der Waals surface area contributed by atoms with Gasteiger partial charge in [-0.3, -0.25) is 5.53 Å². The second-order valence-electron chi connectivity index (χ2n) is 2.15. The van der Waals surface area contributed by atoms with Crippen molar-refractivity contribution in [3.63, 3.8) is 0 Å². The van der Waals surface area contributed by atoms with E-state index < -0.39 is 5.69 Å². The number of rotatable bonds is 1. The van der Waals surface area contributed by atoms with E-state index in [1.165, 1.54) is 12.5 Å². The zero-order valence-electron chi connectivity index (χ0n) is 5.98. The Labute approximate surface area is 66.2 Å². The zero-order chi connectivity index (χ0) is 8.55. The largest absolute Gasteiger partial charge is 0.369 e. The number of hydrazine groups is 1. The van der Waals surface area contributed by atoms with E-state index in [4.69, 9.17) is 5.84 Å². The van der Waals surface area contributed by atoms with Crippen molar-refractivity contribution < 1.29 is 0 Å². The third kappa shape index (κ3) is 0.768. The summed E-state index contributed by atoms with van der Waals surface area (Å²) in [6.07, 6.45) is 2.86. The first-order valence-electron chi connectivity index (χ1n) is 3.20. The second-order valence-corrected chi connectivity index (χ2v) is 2.15. The normalized spacial score (nSPS) is 10.4. The first kappa shape index (κ1) is 6.80. The number of nitrogens with zero attached hydrogens (tertiary/aromatic N) is 3. The Kier molecular flexibility index (Phi) is 1.31. The molecule has 12 heavy (non-hydrogen) atoms. The summed E-state index contributed by atoms with van der Waals surface area (Å²) in [6.45, 7) is 0. The molecule has 0 aliphatic carbocycles. The maximum atomic E-state index is 11.0. The van der Waals surface area contributed by atoms with Gasteiger partial charge in [-0.2, -0.15) is 9.66 Å². The van der Waals surface area contributed by atoms with Crippen LogP contribution in [0.5, 0.6) is 0 Å². The van der Waals surface area contributed by atoms with Crippen molar-refractivity contribution in [2.24, 2.45) is 5.84 Å². The standard InChI is InChI=1S/C5H6N6O/c6-10-11-4-3(8-2-9-4)1-7-5(11)12/h1-2,10H,6H2,(H,8,9). The fourth-order valence-corrected chi connectivity index (χ4v) is 0.955. The summed E-state index contributed by atoms with van der Waals surface area (Å²) < 4.78 is 1.05. The number of nitrogens with two attached hydrogens (primary N) is 1. The lowest BCUT2D eigenvalue weighted by atomic mass is 10.6. The van der Waals surface area contributed by atoms with Crippen molar-refractivity contribution in [1.29, 1.82) is 0 Å². The average Bonchev–Trinajstić information content (AvgIpc) is 2.52. The summed E-state index contributed by atoms with van der Waals surface area (Å²) >= 11 is 0. The van der Waals surface area contributed by atoms with Crippen LogP contribution in [0.2, 0.25) is 0 Å². The van der Waals surface area contributed by atoms with Gasteiger partial charge in [0, 0.05) is 0 Å². The van der Waals surface area contributed by atoms with Gasteiger partial charge in [0.25, 0.3) is 0 Å². The molecule has 0 saturated carbocycles. The molecule has 2 rings (SSSR count). The van der Waals surface area contributed by atoms with Crippen LogP contribution in [0.1, 0.15) is 0 Å². The van der Waals surface area contributed by atoms with Crippen LogP contribution < -0.4 is 17.1 Å². The molecule has 0 spiro atoms. The number of nitrogens with one attached hydrogen (secondary N) is 2. The molecule has 2 aromatic rings. The molecule has 2 aromatic heterocycles. The quantitative estimate of drug-likeness (QED) is 0.355. The van der Waals surface area contributed by atoms with Crippen LogP contribution in [-0.4, -0.2) is 19.6 Å². The lowest BCUT2D eigenvalue weighted by molar-refractivity contribution is 0.821. The highest BCUT2D eigenvalue weighted by molar-refractivity contribution is 5.68. The molecule has 0 fully saturated rings. The summed E-state index contributed by atoms with van der Waals surface area (Å²) in [4.78, 5) is 21.2. The molecule has 7 heteroatoms. The molecule has 4 N–H and O–H groups in total. The summed E-state index contributed by atoms with van der Waals surface area (Å²) in [5.74, 6) is 5.10. The highest BCUT2D eigenvalue weighted by Gasteiger charge is 2.03. The van der Waals surface area contributed by atoms with Crippen molar-refractivity contribution in [3.8, 4) is 0 Å². The third-order valence-electron chi connectivity index (χ3n) is 1.48. The minimum absolute atomic E-state index is 0.428. The third-order valence-corrected chi connectivity index (χ3v) is 1.48. The maximum absolute atomic E-state index is 11.0. The number of aromatic amines is 1. The molecule has 0 atom stereocenters. The number of hydrogen-bond acceptors (Lipinski definition) is 5. The Bertz CT molecular complexity index is 456. The molecule has 0 unspecified atom stereocenters. The van der Waals surface area contributed by atoms with E-state index in [0.717, 1.165) is 4.68 Å². The van der Waals surface area contributed by atoms with Crippen molar-refractivity contribution in [3.05, 3.63) is 23.0 Å². The first-order valence-corrected chi connectivity index (χ1v) is 3.20. The fourth-order valence-electron chi connectivity index (χ4n) is 0.955. The first-order chi connectivity index (χ1) is 5.83. The Morgan fingerprint density at radius 3 is 3.17 bits per heavy atom. The molecule has 0 saturated heterocycles. The summed E-state index contributed by atoms with van der Waals surface area (Å²) in [5, 5.41) is 0. The molecule has 62 valence electrons.